The summed E-state index contributed by atoms with van der Waals surface area (Å²) < 4.78 is 8.14. The molecule has 2 atom stereocenters. The number of fused-ring (bicyclic) bond motifs is 2. The Morgan fingerprint density at radius 1 is 1.42 bits per heavy atom. The first-order valence-corrected chi connectivity index (χ1v) is 8.85. The standard InChI is InChI=1S/C20H25N3O/c1-4-23(5-2)20(24)14-9-16-15-7-6-8-17-19(15)13(11-21-17)10-18(16)22(3)12-14/h6-9,11,14,18,21H,4-5,10,12H2,1-3H3/t14-,18-/m1/s1/i6D. The van der Waals surface area contributed by atoms with Crippen molar-refractivity contribution in [3.63, 3.8) is 0 Å². The topological polar surface area (TPSA) is 39.3 Å². The summed E-state index contributed by atoms with van der Waals surface area (Å²) in [6, 6.07) is 4.63. The van der Waals surface area contributed by atoms with Crippen LogP contribution >= 0.6 is 0 Å². The van der Waals surface area contributed by atoms with Gasteiger partial charge in [0.1, 0.15) is 0 Å². The fraction of sp³-hybridized carbons (Fsp3) is 0.450. The minimum atomic E-state index is -0.110. The number of H-pyrrole nitrogens is 1. The number of nitrogens with one attached hydrogen (secondary N) is 1. The summed E-state index contributed by atoms with van der Waals surface area (Å²) in [6.45, 7) is 6.31. The van der Waals surface area contributed by atoms with Crippen LogP contribution in [0.15, 0.2) is 30.4 Å². The Bertz CT molecular complexity index is 865. The molecule has 2 heterocycles. The molecule has 0 bridgehead atoms. The molecule has 0 spiro atoms. The van der Waals surface area contributed by atoms with Gasteiger partial charge in [-0.25, -0.2) is 0 Å². The maximum Gasteiger partial charge on any atom is 0.230 e. The molecule has 0 saturated heterocycles. The van der Waals surface area contributed by atoms with Crippen LogP contribution in [0.4, 0.5) is 0 Å². The Hall–Kier alpha value is -2.07. The highest BCUT2D eigenvalue weighted by atomic mass is 16.2. The lowest BCUT2D eigenvalue weighted by Crippen LogP contribution is -2.47. The monoisotopic (exact) mass is 324 g/mol. The lowest BCUT2D eigenvalue weighted by atomic mass is 9.79. The van der Waals surface area contributed by atoms with Gasteiger partial charge in [0.15, 0.2) is 0 Å². The average Bonchev–Trinajstić information content (AvgIpc) is 3.00. The normalized spacial score (nSPS) is 23.6. The maximum absolute atomic E-state index is 12.9. The molecule has 1 aliphatic carbocycles. The van der Waals surface area contributed by atoms with Gasteiger partial charge in [-0.15, -0.1) is 0 Å². The smallest absolute Gasteiger partial charge is 0.230 e. The summed E-state index contributed by atoms with van der Waals surface area (Å²) >= 11 is 0. The van der Waals surface area contributed by atoms with E-state index in [2.05, 4.69) is 29.2 Å². The molecular formula is C20H25N3O. The second-order valence-electron chi connectivity index (χ2n) is 6.87. The molecule has 4 rings (SSSR count). The van der Waals surface area contributed by atoms with Crippen LogP contribution in [0.2, 0.25) is 0 Å². The number of benzene rings is 1. The van der Waals surface area contributed by atoms with Gasteiger partial charge in [-0.1, -0.05) is 18.2 Å². The van der Waals surface area contributed by atoms with E-state index < -0.39 is 0 Å². The summed E-state index contributed by atoms with van der Waals surface area (Å²) in [5.74, 6) is 0.0991. The third kappa shape index (κ3) is 2.20. The molecule has 1 N–H and O–H groups in total. The first kappa shape index (κ1) is 14.3. The molecule has 0 unspecified atom stereocenters. The van der Waals surface area contributed by atoms with Crippen molar-refractivity contribution < 1.29 is 6.17 Å². The van der Waals surface area contributed by atoms with Gasteiger partial charge in [0.25, 0.3) is 0 Å². The van der Waals surface area contributed by atoms with Crippen molar-refractivity contribution in [2.24, 2.45) is 5.92 Å². The van der Waals surface area contributed by atoms with Crippen molar-refractivity contribution in [3.8, 4) is 0 Å². The van der Waals surface area contributed by atoms with Crippen LogP contribution in [0.1, 0.15) is 26.3 Å². The second-order valence-corrected chi connectivity index (χ2v) is 6.87. The number of likely N-dealkylation sites (N-methyl/N-ethyl adjacent to an activating group) is 1. The Morgan fingerprint density at radius 3 is 2.96 bits per heavy atom. The van der Waals surface area contributed by atoms with E-state index in [1.165, 1.54) is 16.5 Å². The lowest BCUT2D eigenvalue weighted by Gasteiger charge is -2.40. The minimum absolute atomic E-state index is 0.110. The van der Waals surface area contributed by atoms with E-state index in [0.29, 0.717) is 6.04 Å². The molecule has 0 fully saturated rings. The van der Waals surface area contributed by atoms with Crippen molar-refractivity contribution in [1.29, 1.82) is 0 Å². The molecule has 0 radical (unpaired) electrons. The number of hydrogen-bond donors (Lipinski definition) is 1. The molecule has 1 aliphatic heterocycles. The zero-order chi connectivity index (χ0) is 17.7. The lowest BCUT2D eigenvalue weighted by molar-refractivity contribution is -0.134. The van der Waals surface area contributed by atoms with Crippen LogP contribution in [0, 0.1) is 5.92 Å². The number of aromatic nitrogens is 1. The van der Waals surface area contributed by atoms with Crippen LogP contribution in [0.3, 0.4) is 0 Å². The number of hydrogen-bond acceptors (Lipinski definition) is 2. The van der Waals surface area contributed by atoms with Crippen LogP contribution < -0.4 is 0 Å². The quantitative estimate of drug-likeness (QED) is 0.943. The first-order valence-electron chi connectivity index (χ1n) is 9.35. The van der Waals surface area contributed by atoms with Crippen LogP contribution in [0.25, 0.3) is 16.5 Å². The molecule has 126 valence electrons. The summed E-state index contributed by atoms with van der Waals surface area (Å²) in [7, 11) is 2.11. The first-order chi connectivity index (χ1) is 12.0. The third-order valence-electron chi connectivity index (χ3n) is 5.59. The number of carbonyl (C=O) groups is 1. The Labute approximate surface area is 144 Å². The highest BCUT2D eigenvalue weighted by Crippen LogP contribution is 2.40. The van der Waals surface area contributed by atoms with Crippen molar-refractivity contribution >= 4 is 22.4 Å². The zero-order valence-corrected chi connectivity index (χ0v) is 14.6. The van der Waals surface area contributed by atoms with Gasteiger partial charge in [0.2, 0.25) is 5.91 Å². The third-order valence-corrected chi connectivity index (χ3v) is 5.59. The van der Waals surface area contributed by atoms with Crippen molar-refractivity contribution in [2.45, 2.75) is 26.3 Å². The zero-order valence-electron chi connectivity index (χ0n) is 15.6. The predicted molar refractivity (Wildman–Crippen MR) is 97.8 cm³/mol. The van der Waals surface area contributed by atoms with E-state index >= 15 is 0 Å². The summed E-state index contributed by atoms with van der Waals surface area (Å²) in [6.07, 6.45) is 5.21. The Balaban J connectivity index is 1.83. The van der Waals surface area contributed by atoms with E-state index in [-0.39, 0.29) is 17.9 Å². The minimum Gasteiger partial charge on any atom is -0.361 e. The molecule has 1 amide bonds. The molecule has 1 aromatic carbocycles. The van der Waals surface area contributed by atoms with Crippen LogP contribution in [-0.4, -0.2) is 53.4 Å². The summed E-state index contributed by atoms with van der Waals surface area (Å²) in [5.41, 5.74) is 4.67. The van der Waals surface area contributed by atoms with Gasteiger partial charge in [-0.3, -0.25) is 9.69 Å². The Morgan fingerprint density at radius 2 is 2.21 bits per heavy atom. The predicted octanol–water partition coefficient (Wildman–Crippen LogP) is 2.91. The van der Waals surface area contributed by atoms with Crippen molar-refractivity contribution in [3.05, 3.63) is 41.6 Å². The summed E-state index contributed by atoms with van der Waals surface area (Å²) in [4.78, 5) is 20.4. The number of amides is 1. The number of aromatic amines is 1. The number of nitrogens with zero attached hydrogens (tertiary/aromatic N) is 2. The molecule has 0 saturated carbocycles. The van der Waals surface area contributed by atoms with E-state index in [4.69, 9.17) is 1.37 Å². The van der Waals surface area contributed by atoms with Crippen molar-refractivity contribution in [1.82, 2.24) is 14.8 Å². The van der Waals surface area contributed by atoms with Crippen LogP contribution in [-0.2, 0) is 11.2 Å². The van der Waals surface area contributed by atoms with Gasteiger partial charge < -0.3 is 9.88 Å². The van der Waals surface area contributed by atoms with Gasteiger partial charge >= 0.3 is 0 Å². The van der Waals surface area contributed by atoms with E-state index in [1.54, 1.807) is 0 Å². The molecule has 2 aromatic rings. The fourth-order valence-electron chi connectivity index (χ4n) is 4.30. The van der Waals surface area contributed by atoms with E-state index in [9.17, 15) is 4.79 Å². The molecule has 24 heavy (non-hydrogen) atoms. The molecule has 4 nitrogen and oxygen atoms in total. The fourth-order valence-corrected chi connectivity index (χ4v) is 4.30. The average molecular weight is 324 g/mol. The SMILES string of the molecule is [2H]c1cc2c3c(c[nH]c3c1)C[C@@H]1C2=C[C@@H](C(=O)N(CC)CC)CN1C. The highest BCUT2D eigenvalue weighted by Gasteiger charge is 2.36. The second kappa shape index (κ2) is 5.78. The van der Waals surface area contributed by atoms with Crippen LogP contribution in [0.5, 0.6) is 0 Å². The number of rotatable bonds is 3. The number of carbonyl (C=O) groups excluding carboxylic acids is 1. The van der Waals surface area contributed by atoms with E-state index in [1.807, 2.05) is 30.9 Å². The van der Waals surface area contributed by atoms with Crippen molar-refractivity contribution in [2.75, 3.05) is 26.7 Å². The summed E-state index contributed by atoms with van der Waals surface area (Å²) in [5, 5.41) is 1.22. The molecule has 1 aromatic heterocycles. The van der Waals surface area contributed by atoms with Gasteiger partial charge in [-0.2, -0.15) is 0 Å². The maximum atomic E-state index is 12.9. The Kier molecular flexibility index (Phi) is 3.44. The largest absolute Gasteiger partial charge is 0.361 e. The molecular weight excluding hydrogens is 298 g/mol. The molecule has 4 heteroatoms. The van der Waals surface area contributed by atoms with Gasteiger partial charge in [0, 0.05) is 42.8 Å². The van der Waals surface area contributed by atoms with Gasteiger partial charge in [0.05, 0.1) is 7.29 Å². The molecule has 2 aliphatic rings. The highest BCUT2D eigenvalue weighted by molar-refractivity contribution is 5.99. The van der Waals surface area contributed by atoms with E-state index in [0.717, 1.165) is 37.1 Å². The van der Waals surface area contributed by atoms with Gasteiger partial charge in [-0.05, 0) is 50.1 Å².